The smallest absolute Gasteiger partial charge is 0.264 e. The van der Waals surface area contributed by atoms with Crippen LogP contribution in [0.15, 0.2) is 25.3 Å². The van der Waals surface area contributed by atoms with Crippen LogP contribution in [0.1, 0.15) is 71.1 Å². The summed E-state index contributed by atoms with van der Waals surface area (Å²) < 4.78 is 69.6. The van der Waals surface area contributed by atoms with Gasteiger partial charge in [-0.2, -0.15) is 16.8 Å². The predicted molar refractivity (Wildman–Crippen MR) is 122 cm³/mol. The minimum atomic E-state index is -4.67. The van der Waals surface area contributed by atoms with Gasteiger partial charge in [-0.15, -0.1) is 13.2 Å². The number of unbranched alkanes of at least 4 members (excludes halogenated alkanes) is 9. The average Bonchev–Trinajstić information content (AvgIpc) is 2.59. The predicted octanol–water partition coefficient (Wildman–Crippen LogP) is 4.56. The molecule has 12 heteroatoms. The normalized spacial score (nSPS) is 10.4. The van der Waals surface area contributed by atoms with Gasteiger partial charge in [0.1, 0.15) is 0 Å². The Hall–Kier alpha value is 0.180. The van der Waals surface area contributed by atoms with E-state index in [2.05, 4.69) is 20.1 Å². The topological polar surface area (TPSA) is 158 Å². The SMILES string of the molecule is C=CCOCC=C.CCCCCCCCCCC[CH2][Na].O=S(=O)(O)O.O=S(=O)(O)O. The van der Waals surface area contributed by atoms with Crippen molar-refractivity contribution < 1.29 is 39.8 Å². The van der Waals surface area contributed by atoms with Crippen molar-refractivity contribution in [3.05, 3.63) is 25.3 Å². The second-order valence-electron chi connectivity index (χ2n) is 6.19. The summed E-state index contributed by atoms with van der Waals surface area (Å²) in [6.07, 6.45) is 18.2. The monoisotopic (exact) mass is 486 g/mol. The van der Waals surface area contributed by atoms with Crippen LogP contribution in [-0.2, 0) is 25.5 Å². The molecule has 0 amide bonds. The summed E-state index contributed by atoms with van der Waals surface area (Å²) in [5.74, 6) is 0. The quantitative estimate of drug-likeness (QED) is 0.119. The first-order chi connectivity index (χ1) is 13.8. The summed E-state index contributed by atoms with van der Waals surface area (Å²) in [6.45, 7) is 10.5. The zero-order valence-electron chi connectivity index (χ0n) is 18.4. The van der Waals surface area contributed by atoms with Crippen molar-refractivity contribution in [1.29, 1.82) is 0 Å². The molecule has 0 aliphatic carbocycles. The second kappa shape index (κ2) is 29.2. The van der Waals surface area contributed by atoms with Gasteiger partial charge in [0.2, 0.25) is 0 Å². The standard InChI is InChI=1S/C12H25.C6H10O.Na.2H2O4S/c1-3-5-7-9-11-12-10-8-6-4-2;1-3-5-7-6-4-2;;2*1-5(2,3)4/h1,3-12H2,2H3;3-4H,1-2,5-6H2;;2*(H2,1,2,3,4). The van der Waals surface area contributed by atoms with Crippen LogP contribution in [0.4, 0.5) is 0 Å². The molecule has 0 saturated heterocycles. The van der Waals surface area contributed by atoms with Gasteiger partial charge in [-0.3, -0.25) is 18.2 Å². The molecular weight excluding hydrogens is 447 g/mol. The van der Waals surface area contributed by atoms with E-state index in [0.717, 1.165) is 0 Å². The number of rotatable bonds is 14. The van der Waals surface area contributed by atoms with Crippen molar-refractivity contribution in [2.75, 3.05) is 13.2 Å². The third-order valence-electron chi connectivity index (χ3n) is 3.18. The van der Waals surface area contributed by atoms with Gasteiger partial charge in [0.25, 0.3) is 0 Å². The molecule has 178 valence electrons. The van der Waals surface area contributed by atoms with E-state index in [-0.39, 0.29) is 0 Å². The summed E-state index contributed by atoms with van der Waals surface area (Å²) in [5, 5.41) is 0. The minimum absolute atomic E-state index is 0.617. The summed E-state index contributed by atoms with van der Waals surface area (Å²) in [6, 6.07) is 0. The van der Waals surface area contributed by atoms with Crippen molar-refractivity contribution in [2.24, 2.45) is 0 Å². The molecule has 0 atom stereocenters. The van der Waals surface area contributed by atoms with Crippen molar-refractivity contribution in [1.82, 2.24) is 0 Å². The summed E-state index contributed by atoms with van der Waals surface area (Å²) in [5.41, 5.74) is 0. The molecule has 0 unspecified atom stereocenters. The molecule has 0 heterocycles. The fraction of sp³-hybridized carbons (Fsp3) is 0.778. The molecule has 0 spiro atoms. The summed E-state index contributed by atoms with van der Waals surface area (Å²) in [7, 11) is -9.33. The molecule has 0 rings (SSSR count). The maximum absolute atomic E-state index is 8.74. The first-order valence-electron chi connectivity index (χ1n) is 10.0. The van der Waals surface area contributed by atoms with E-state index in [1.165, 1.54) is 95.8 Å². The van der Waals surface area contributed by atoms with Gasteiger partial charge in [0, 0.05) is 0 Å². The van der Waals surface area contributed by atoms with E-state index in [0.29, 0.717) is 13.2 Å². The van der Waals surface area contributed by atoms with Crippen LogP contribution >= 0.6 is 0 Å². The molecule has 0 aromatic carbocycles. The third kappa shape index (κ3) is 104. The average molecular weight is 487 g/mol. The van der Waals surface area contributed by atoms with Crippen LogP contribution in [0.25, 0.3) is 0 Å². The Labute approximate surface area is 200 Å². The van der Waals surface area contributed by atoms with E-state index in [1.54, 1.807) is 12.2 Å². The van der Waals surface area contributed by atoms with Gasteiger partial charge in [0.15, 0.2) is 0 Å². The Kier molecular flexibility index (Phi) is 36.5. The van der Waals surface area contributed by atoms with Crippen LogP contribution in [0.2, 0.25) is 3.67 Å². The molecule has 0 aromatic heterocycles. The fourth-order valence-corrected chi connectivity index (χ4v) is 2.47. The maximum Gasteiger partial charge on any atom is 0.394 e. The van der Waals surface area contributed by atoms with Crippen LogP contribution in [-0.4, -0.2) is 76.2 Å². The van der Waals surface area contributed by atoms with E-state index in [9.17, 15) is 0 Å². The largest absolute Gasteiger partial charge is 0.394 e. The van der Waals surface area contributed by atoms with Crippen LogP contribution in [0.3, 0.4) is 0 Å². The number of hydrogen-bond acceptors (Lipinski definition) is 5. The molecule has 0 aromatic rings. The van der Waals surface area contributed by atoms with Gasteiger partial charge < -0.3 is 4.74 Å². The third-order valence-corrected chi connectivity index (χ3v) is 3.89. The van der Waals surface area contributed by atoms with Crippen molar-refractivity contribution in [3.63, 3.8) is 0 Å². The van der Waals surface area contributed by atoms with E-state index >= 15 is 0 Å². The Morgan fingerprint density at radius 2 is 0.967 bits per heavy atom. The van der Waals surface area contributed by atoms with E-state index < -0.39 is 20.8 Å². The zero-order valence-corrected chi connectivity index (χ0v) is 22.0. The molecule has 30 heavy (non-hydrogen) atoms. The fourth-order valence-electron chi connectivity index (χ4n) is 1.97. The molecule has 0 aliphatic heterocycles. The Bertz CT molecular complexity index is 486. The second-order valence-corrected chi connectivity index (χ2v) is 8.98. The molecule has 0 radical (unpaired) electrons. The summed E-state index contributed by atoms with van der Waals surface area (Å²) in [4.78, 5) is 0. The van der Waals surface area contributed by atoms with Gasteiger partial charge in [-0.05, 0) is 0 Å². The molecule has 0 saturated carbocycles. The molecule has 0 aliphatic rings. The van der Waals surface area contributed by atoms with Crippen molar-refractivity contribution >= 4 is 48.7 Å². The number of hydrogen-bond donors (Lipinski definition) is 4. The van der Waals surface area contributed by atoms with Crippen LogP contribution in [0.5, 0.6) is 0 Å². The Morgan fingerprint density at radius 3 is 1.20 bits per heavy atom. The number of ether oxygens (including phenoxy) is 1. The van der Waals surface area contributed by atoms with Gasteiger partial charge in [-0.25, -0.2) is 0 Å². The van der Waals surface area contributed by atoms with Crippen LogP contribution < -0.4 is 0 Å². The minimum Gasteiger partial charge on any atom is -0.264 e. The molecule has 4 N–H and O–H groups in total. The van der Waals surface area contributed by atoms with E-state index in [4.69, 9.17) is 39.8 Å². The van der Waals surface area contributed by atoms with Crippen molar-refractivity contribution in [3.8, 4) is 0 Å². The molecule has 0 fully saturated rings. The molecule has 9 nitrogen and oxygen atoms in total. The van der Waals surface area contributed by atoms with E-state index in [1.807, 2.05) is 0 Å². The first kappa shape index (κ1) is 37.5. The molecule has 0 bridgehead atoms. The van der Waals surface area contributed by atoms with Gasteiger partial charge >= 0.3 is 124 Å². The van der Waals surface area contributed by atoms with Gasteiger partial charge in [0.05, 0.1) is 13.2 Å². The molecular formula is C18H39NaO9S2. The van der Waals surface area contributed by atoms with Gasteiger partial charge in [-0.1, -0.05) is 12.2 Å². The zero-order chi connectivity index (χ0) is 24.3. The Morgan fingerprint density at radius 1 is 0.700 bits per heavy atom. The van der Waals surface area contributed by atoms with Crippen LogP contribution in [0, 0.1) is 0 Å². The maximum atomic E-state index is 8.74. The van der Waals surface area contributed by atoms with Crippen molar-refractivity contribution in [2.45, 2.75) is 74.8 Å². The summed E-state index contributed by atoms with van der Waals surface area (Å²) >= 11 is 1.41. The first-order valence-corrected chi connectivity index (χ1v) is 14.2. The Balaban J connectivity index is -0.000000167.